The van der Waals surface area contributed by atoms with Gasteiger partial charge in [0, 0.05) is 5.69 Å². The molecule has 1 heterocycles. The van der Waals surface area contributed by atoms with Crippen molar-refractivity contribution in [3.63, 3.8) is 0 Å². The van der Waals surface area contributed by atoms with Gasteiger partial charge in [-0.15, -0.1) is 0 Å². The monoisotopic (exact) mass is 260 g/mol. The maximum Gasteiger partial charge on any atom is 0.241 e. The van der Waals surface area contributed by atoms with E-state index < -0.39 is 0 Å². The van der Waals surface area contributed by atoms with Crippen molar-refractivity contribution in [1.82, 2.24) is 4.90 Å². The van der Waals surface area contributed by atoms with Crippen molar-refractivity contribution in [2.24, 2.45) is 0 Å². The van der Waals surface area contributed by atoms with Gasteiger partial charge in [-0.3, -0.25) is 9.69 Å². The molecule has 1 aliphatic rings. The van der Waals surface area contributed by atoms with E-state index in [2.05, 4.69) is 10.2 Å². The normalized spacial score (nSPS) is 19.2. The first-order valence-corrected chi connectivity index (χ1v) is 7.37. The van der Waals surface area contributed by atoms with Crippen LogP contribution in [0.15, 0.2) is 30.3 Å². The van der Waals surface area contributed by atoms with Crippen molar-refractivity contribution >= 4 is 11.6 Å². The number of para-hydroxylation sites is 1. The van der Waals surface area contributed by atoms with Gasteiger partial charge in [0.2, 0.25) is 5.91 Å². The van der Waals surface area contributed by atoms with Crippen molar-refractivity contribution in [1.29, 1.82) is 0 Å². The number of nitrogens with zero attached hydrogens (tertiary/aromatic N) is 1. The second kappa shape index (κ2) is 7.29. The fourth-order valence-electron chi connectivity index (χ4n) is 2.59. The van der Waals surface area contributed by atoms with Gasteiger partial charge in [0.05, 0.1) is 6.04 Å². The third kappa shape index (κ3) is 4.35. The van der Waals surface area contributed by atoms with Gasteiger partial charge < -0.3 is 5.32 Å². The Morgan fingerprint density at radius 3 is 2.26 bits per heavy atom. The number of hydrogen-bond acceptors (Lipinski definition) is 2. The molecule has 1 atom stereocenters. The second-order valence-corrected chi connectivity index (χ2v) is 5.33. The molecular formula is C16H24N2O. The fourth-order valence-corrected chi connectivity index (χ4v) is 2.59. The van der Waals surface area contributed by atoms with E-state index >= 15 is 0 Å². The molecule has 1 aliphatic heterocycles. The standard InChI is InChI=1S/C16H24N2O/c1-14(18-12-8-3-2-4-9-13-18)16(19)17-15-10-6-5-7-11-15/h5-7,10-11,14H,2-4,8-9,12-13H2,1H3,(H,17,19). The zero-order valence-electron chi connectivity index (χ0n) is 11.8. The average molecular weight is 260 g/mol. The minimum absolute atomic E-state index is 0.0432. The lowest BCUT2D eigenvalue weighted by atomic mass is 10.1. The molecule has 2 rings (SSSR count). The average Bonchev–Trinajstić information content (AvgIpc) is 2.39. The lowest BCUT2D eigenvalue weighted by Crippen LogP contribution is -2.43. The first-order chi connectivity index (χ1) is 9.27. The molecule has 1 amide bonds. The highest BCUT2D eigenvalue weighted by atomic mass is 16.2. The third-order valence-electron chi connectivity index (χ3n) is 3.86. The highest BCUT2D eigenvalue weighted by Gasteiger charge is 2.21. The zero-order chi connectivity index (χ0) is 13.5. The molecule has 0 saturated carbocycles. The molecule has 1 unspecified atom stereocenters. The Kier molecular flexibility index (Phi) is 5.40. The summed E-state index contributed by atoms with van der Waals surface area (Å²) in [6, 6.07) is 9.65. The largest absolute Gasteiger partial charge is 0.325 e. The van der Waals surface area contributed by atoms with Crippen LogP contribution in [0.1, 0.15) is 39.0 Å². The van der Waals surface area contributed by atoms with E-state index in [1.807, 2.05) is 37.3 Å². The fraction of sp³-hybridized carbons (Fsp3) is 0.562. The van der Waals surface area contributed by atoms with Gasteiger partial charge in [-0.25, -0.2) is 0 Å². The Hall–Kier alpha value is -1.35. The molecule has 0 spiro atoms. The molecule has 1 aromatic rings. The first kappa shape index (κ1) is 14.1. The Balaban J connectivity index is 1.90. The number of rotatable bonds is 3. The number of likely N-dealkylation sites (tertiary alicyclic amines) is 1. The van der Waals surface area contributed by atoms with Gasteiger partial charge in [0.25, 0.3) is 0 Å². The molecule has 1 N–H and O–H groups in total. The summed E-state index contributed by atoms with van der Waals surface area (Å²) in [5.41, 5.74) is 0.881. The summed E-state index contributed by atoms with van der Waals surface area (Å²) in [6.45, 7) is 4.10. The summed E-state index contributed by atoms with van der Waals surface area (Å²) < 4.78 is 0. The van der Waals surface area contributed by atoms with Gasteiger partial charge in [0.15, 0.2) is 0 Å². The summed E-state index contributed by atoms with van der Waals surface area (Å²) in [5, 5.41) is 2.99. The second-order valence-electron chi connectivity index (χ2n) is 5.33. The van der Waals surface area contributed by atoms with E-state index in [1.165, 1.54) is 32.1 Å². The SMILES string of the molecule is CC(C(=O)Nc1ccccc1)N1CCCCCCC1. The van der Waals surface area contributed by atoms with E-state index in [0.717, 1.165) is 18.8 Å². The van der Waals surface area contributed by atoms with Gasteiger partial charge in [-0.2, -0.15) is 0 Å². The van der Waals surface area contributed by atoms with Gasteiger partial charge in [-0.1, -0.05) is 37.5 Å². The highest BCUT2D eigenvalue weighted by molar-refractivity contribution is 5.94. The van der Waals surface area contributed by atoms with Crippen LogP contribution in [0.4, 0.5) is 5.69 Å². The molecular weight excluding hydrogens is 236 g/mol. The Morgan fingerprint density at radius 2 is 1.63 bits per heavy atom. The molecule has 1 saturated heterocycles. The third-order valence-corrected chi connectivity index (χ3v) is 3.86. The van der Waals surface area contributed by atoms with E-state index in [4.69, 9.17) is 0 Å². The molecule has 0 radical (unpaired) electrons. The van der Waals surface area contributed by atoms with Crippen molar-refractivity contribution in [2.45, 2.75) is 45.1 Å². The molecule has 19 heavy (non-hydrogen) atoms. The molecule has 104 valence electrons. The number of carbonyl (C=O) groups is 1. The van der Waals surface area contributed by atoms with Crippen molar-refractivity contribution in [3.05, 3.63) is 30.3 Å². The van der Waals surface area contributed by atoms with E-state index in [1.54, 1.807) is 0 Å². The number of hydrogen-bond donors (Lipinski definition) is 1. The van der Waals surface area contributed by atoms with Crippen LogP contribution in [0, 0.1) is 0 Å². The van der Waals surface area contributed by atoms with Crippen molar-refractivity contribution in [2.75, 3.05) is 18.4 Å². The van der Waals surface area contributed by atoms with E-state index in [0.29, 0.717) is 0 Å². The van der Waals surface area contributed by atoms with Crippen LogP contribution in [0.25, 0.3) is 0 Å². The maximum absolute atomic E-state index is 12.3. The lowest BCUT2D eigenvalue weighted by molar-refractivity contribution is -0.120. The van der Waals surface area contributed by atoms with Gasteiger partial charge in [-0.05, 0) is 45.0 Å². The van der Waals surface area contributed by atoms with Crippen LogP contribution < -0.4 is 5.32 Å². The van der Waals surface area contributed by atoms with E-state index in [9.17, 15) is 4.79 Å². The summed E-state index contributed by atoms with van der Waals surface area (Å²) in [7, 11) is 0. The quantitative estimate of drug-likeness (QED) is 0.904. The minimum Gasteiger partial charge on any atom is -0.325 e. The number of benzene rings is 1. The molecule has 0 aromatic heterocycles. The Morgan fingerprint density at radius 1 is 1.05 bits per heavy atom. The maximum atomic E-state index is 12.3. The Bertz CT molecular complexity index is 383. The summed E-state index contributed by atoms with van der Waals surface area (Å²) >= 11 is 0. The number of anilines is 1. The number of amides is 1. The van der Waals surface area contributed by atoms with Gasteiger partial charge >= 0.3 is 0 Å². The summed E-state index contributed by atoms with van der Waals surface area (Å²) in [5.74, 6) is 0.103. The van der Waals surface area contributed by atoms with Crippen molar-refractivity contribution in [3.8, 4) is 0 Å². The molecule has 1 fully saturated rings. The van der Waals surface area contributed by atoms with Crippen LogP contribution in [-0.4, -0.2) is 29.9 Å². The molecule has 3 heteroatoms. The smallest absolute Gasteiger partial charge is 0.241 e. The van der Waals surface area contributed by atoms with Crippen LogP contribution in [0.2, 0.25) is 0 Å². The predicted octanol–water partition coefficient (Wildman–Crippen LogP) is 3.28. The molecule has 3 nitrogen and oxygen atoms in total. The summed E-state index contributed by atoms with van der Waals surface area (Å²) in [4.78, 5) is 14.6. The predicted molar refractivity (Wildman–Crippen MR) is 79.2 cm³/mol. The Labute approximate surface area is 116 Å². The summed E-state index contributed by atoms with van der Waals surface area (Å²) in [6.07, 6.45) is 6.36. The van der Waals surface area contributed by atoms with Crippen LogP contribution in [-0.2, 0) is 4.79 Å². The number of nitrogens with one attached hydrogen (secondary N) is 1. The molecule has 1 aromatic carbocycles. The number of carbonyl (C=O) groups excluding carboxylic acids is 1. The molecule has 0 bridgehead atoms. The topological polar surface area (TPSA) is 32.3 Å². The molecule has 0 aliphatic carbocycles. The highest BCUT2D eigenvalue weighted by Crippen LogP contribution is 2.14. The van der Waals surface area contributed by atoms with Crippen LogP contribution in [0.3, 0.4) is 0 Å². The van der Waals surface area contributed by atoms with Crippen LogP contribution in [0.5, 0.6) is 0 Å². The van der Waals surface area contributed by atoms with E-state index in [-0.39, 0.29) is 11.9 Å². The first-order valence-electron chi connectivity index (χ1n) is 7.37. The lowest BCUT2D eigenvalue weighted by Gasteiger charge is -2.29. The zero-order valence-corrected chi connectivity index (χ0v) is 11.8. The van der Waals surface area contributed by atoms with Gasteiger partial charge in [0.1, 0.15) is 0 Å². The minimum atomic E-state index is -0.0432. The van der Waals surface area contributed by atoms with Crippen molar-refractivity contribution < 1.29 is 4.79 Å². The van der Waals surface area contributed by atoms with Crippen LogP contribution >= 0.6 is 0 Å².